The number of ether oxygens (including phenoxy) is 1. The van der Waals surface area contributed by atoms with Gasteiger partial charge in [-0.05, 0) is 30.5 Å². The van der Waals surface area contributed by atoms with Crippen LogP contribution in [-0.4, -0.2) is 11.8 Å². The number of hydrogen-bond donors (Lipinski definition) is 0. The average Bonchev–Trinajstić information content (AvgIpc) is 2.31. The number of alkyl halides is 1. The molecule has 1 aromatic rings. The number of halogens is 1. The molecular formula is C13H17ClO2. The number of rotatable bonds is 5. The number of benzene rings is 1. The van der Waals surface area contributed by atoms with Crippen molar-refractivity contribution < 1.29 is 9.53 Å². The number of esters is 1. The van der Waals surface area contributed by atoms with Crippen LogP contribution in [0, 0.1) is 5.92 Å². The van der Waals surface area contributed by atoms with Crippen LogP contribution in [0.2, 0.25) is 0 Å². The molecule has 0 radical (unpaired) electrons. The fourth-order valence-corrected chi connectivity index (χ4v) is 1.43. The second kappa shape index (κ2) is 6.54. The van der Waals surface area contributed by atoms with E-state index in [1.807, 2.05) is 38.1 Å². The minimum absolute atomic E-state index is 0.0532. The van der Waals surface area contributed by atoms with E-state index in [0.717, 1.165) is 18.4 Å². The first-order valence-corrected chi connectivity index (χ1v) is 6.07. The molecule has 0 N–H and O–H groups in total. The van der Waals surface area contributed by atoms with Crippen molar-refractivity contribution in [3.8, 4) is 5.75 Å². The smallest absolute Gasteiger partial charge is 0.314 e. The molecule has 0 aromatic heterocycles. The summed E-state index contributed by atoms with van der Waals surface area (Å²) in [6.07, 6.45) is 1.63. The van der Waals surface area contributed by atoms with E-state index in [9.17, 15) is 4.79 Å². The summed E-state index contributed by atoms with van der Waals surface area (Å²) in [6.45, 7) is 3.83. The fourth-order valence-electron chi connectivity index (χ4n) is 1.22. The second-order valence-corrected chi connectivity index (χ2v) is 4.19. The highest BCUT2D eigenvalue weighted by Crippen LogP contribution is 2.15. The largest absolute Gasteiger partial charge is 0.426 e. The van der Waals surface area contributed by atoms with E-state index < -0.39 is 0 Å². The molecule has 1 atom stereocenters. The maximum Gasteiger partial charge on any atom is 0.314 e. The van der Waals surface area contributed by atoms with Gasteiger partial charge in [0.2, 0.25) is 0 Å². The van der Waals surface area contributed by atoms with Crippen LogP contribution >= 0.6 is 11.6 Å². The van der Waals surface area contributed by atoms with Crippen LogP contribution in [0.1, 0.15) is 25.8 Å². The standard InChI is InChI=1S/C13H17ClO2/c1-3-10(2)13(15)16-12-6-4-11(5-7-12)8-9-14/h4-7,10H,3,8-9H2,1-2H3. The van der Waals surface area contributed by atoms with Gasteiger partial charge in [-0.25, -0.2) is 0 Å². The monoisotopic (exact) mass is 240 g/mol. The molecule has 0 bridgehead atoms. The van der Waals surface area contributed by atoms with Gasteiger partial charge in [0, 0.05) is 5.88 Å². The summed E-state index contributed by atoms with van der Waals surface area (Å²) >= 11 is 5.64. The van der Waals surface area contributed by atoms with E-state index in [0.29, 0.717) is 11.6 Å². The van der Waals surface area contributed by atoms with Crippen LogP contribution in [0.4, 0.5) is 0 Å². The lowest BCUT2D eigenvalue weighted by Crippen LogP contribution is -2.16. The van der Waals surface area contributed by atoms with Crippen molar-refractivity contribution in [2.75, 3.05) is 5.88 Å². The normalized spacial score (nSPS) is 12.2. The highest BCUT2D eigenvalue weighted by molar-refractivity contribution is 6.17. The Kier molecular flexibility index (Phi) is 5.33. The van der Waals surface area contributed by atoms with Crippen molar-refractivity contribution in [3.63, 3.8) is 0 Å². The second-order valence-electron chi connectivity index (χ2n) is 3.81. The first kappa shape index (κ1) is 13.0. The summed E-state index contributed by atoms with van der Waals surface area (Å²) < 4.78 is 5.23. The molecule has 0 heterocycles. The van der Waals surface area contributed by atoms with Crippen molar-refractivity contribution in [1.82, 2.24) is 0 Å². The quantitative estimate of drug-likeness (QED) is 0.448. The lowest BCUT2D eigenvalue weighted by atomic mass is 10.1. The van der Waals surface area contributed by atoms with Gasteiger partial charge >= 0.3 is 5.97 Å². The Morgan fingerprint density at radius 2 is 2.00 bits per heavy atom. The first-order chi connectivity index (χ1) is 7.67. The maximum absolute atomic E-state index is 11.5. The van der Waals surface area contributed by atoms with Gasteiger partial charge in [0.05, 0.1) is 5.92 Å². The van der Waals surface area contributed by atoms with Crippen molar-refractivity contribution in [2.24, 2.45) is 5.92 Å². The molecule has 2 nitrogen and oxygen atoms in total. The molecule has 0 amide bonds. The summed E-state index contributed by atoms with van der Waals surface area (Å²) in [6, 6.07) is 7.48. The molecule has 0 aliphatic heterocycles. The van der Waals surface area contributed by atoms with Crippen LogP contribution in [0.25, 0.3) is 0 Å². The highest BCUT2D eigenvalue weighted by Gasteiger charge is 2.12. The topological polar surface area (TPSA) is 26.3 Å². The number of carbonyl (C=O) groups is 1. The van der Waals surface area contributed by atoms with Crippen molar-refractivity contribution in [1.29, 1.82) is 0 Å². The average molecular weight is 241 g/mol. The first-order valence-electron chi connectivity index (χ1n) is 5.54. The van der Waals surface area contributed by atoms with Crippen LogP contribution in [0.3, 0.4) is 0 Å². The third-order valence-electron chi connectivity index (χ3n) is 2.54. The molecule has 1 unspecified atom stereocenters. The van der Waals surface area contributed by atoms with Gasteiger partial charge in [0.25, 0.3) is 0 Å². The van der Waals surface area contributed by atoms with Gasteiger partial charge < -0.3 is 4.74 Å². The lowest BCUT2D eigenvalue weighted by molar-refractivity contribution is -0.138. The molecule has 0 saturated carbocycles. The summed E-state index contributed by atoms with van der Waals surface area (Å²) in [5, 5.41) is 0. The number of hydrogen-bond acceptors (Lipinski definition) is 2. The van der Waals surface area contributed by atoms with Gasteiger partial charge in [-0.1, -0.05) is 26.0 Å². The van der Waals surface area contributed by atoms with E-state index in [1.54, 1.807) is 0 Å². The van der Waals surface area contributed by atoms with Gasteiger partial charge in [-0.15, -0.1) is 11.6 Å². The molecule has 0 aliphatic carbocycles. The molecule has 16 heavy (non-hydrogen) atoms. The molecule has 1 aromatic carbocycles. The Balaban J connectivity index is 2.58. The van der Waals surface area contributed by atoms with Crippen LogP contribution in [0.5, 0.6) is 5.75 Å². The maximum atomic E-state index is 11.5. The summed E-state index contributed by atoms with van der Waals surface area (Å²) in [4.78, 5) is 11.5. The third kappa shape index (κ3) is 3.86. The lowest BCUT2D eigenvalue weighted by Gasteiger charge is -2.09. The van der Waals surface area contributed by atoms with E-state index in [-0.39, 0.29) is 11.9 Å². The van der Waals surface area contributed by atoms with Gasteiger partial charge in [0.15, 0.2) is 0 Å². The molecule has 3 heteroatoms. The van der Waals surface area contributed by atoms with Gasteiger partial charge in [-0.2, -0.15) is 0 Å². The van der Waals surface area contributed by atoms with Gasteiger partial charge in [-0.3, -0.25) is 4.79 Å². The molecule has 1 rings (SSSR count). The molecule has 0 saturated heterocycles. The minimum Gasteiger partial charge on any atom is -0.426 e. The molecule has 88 valence electrons. The fraction of sp³-hybridized carbons (Fsp3) is 0.462. The van der Waals surface area contributed by atoms with E-state index in [2.05, 4.69) is 0 Å². The van der Waals surface area contributed by atoms with Crippen molar-refractivity contribution in [2.45, 2.75) is 26.7 Å². The molecule has 0 aliphatic rings. The van der Waals surface area contributed by atoms with Crippen LogP contribution in [0.15, 0.2) is 24.3 Å². The zero-order valence-corrected chi connectivity index (χ0v) is 10.5. The summed E-state index contributed by atoms with van der Waals surface area (Å²) in [5.74, 6) is 0.977. The SMILES string of the molecule is CCC(C)C(=O)Oc1ccc(CCCl)cc1. The molecular weight excluding hydrogens is 224 g/mol. The predicted molar refractivity (Wildman–Crippen MR) is 66.0 cm³/mol. The zero-order chi connectivity index (χ0) is 12.0. The van der Waals surface area contributed by atoms with Crippen LogP contribution in [-0.2, 0) is 11.2 Å². The summed E-state index contributed by atoms with van der Waals surface area (Å²) in [7, 11) is 0. The van der Waals surface area contributed by atoms with E-state index in [1.165, 1.54) is 0 Å². The Morgan fingerprint density at radius 1 is 1.38 bits per heavy atom. The Labute approximate surface area is 102 Å². The minimum atomic E-state index is -0.174. The highest BCUT2D eigenvalue weighted by atomic mass is 35.5. The van der Waals surface area contributed by atoms with Crippen LogP contribution < -0.4 is 4.74 Å². The predicted octanol–water partition coefficient (Wildman–Crippen LogP) is 3.42. The van der Waals surface area contributed by atoms with E-state index >= 15 is 0 Å². The Morgan fingerprint density at radius 3 is 2.50 bits per heavy atom. The molecule has 0 fully saturated rings. The number of aryl methyl sites for hydroxylation is 1. The Bertz CT molecular complexity index is 332. The molecule has 0 spiro atoms. The van der Waals surface area contributed by atoms with Crippen molar-refractivity contribution >= 4 is 17.6 Å². The Hall–Kier alpha value is -1.02. The zero-order valence-electron chi connectivity index (χ0n) is 9.70. The third-order valence-corrected chi connectivity index (χ3v) is 2.73. The van der Waals surface area contributed by atoms with Gasteiger partial charge in [0.1, 0.15) is 5.75 Å². The number of carbonyl (C=O) groups excluding carboxylic acids is 1. The summed E-state index contributed by atoms with van der Waals surface area (Å²) in [5.41, 5.74) is 1.15. The van der Waals surface area contributed by atoms with E-state index in [4.69, 9.17) is 16.3 Å². The van der Waals surface area contributed by atoms with Crippen molar-refractivity contribution in [3.05, 3.63) is 29.8 Å².